The lowest BCUT2D eigenvalue weighted by Crippen LogP contribution is -2.26. The van der Waals surface area contributed by atoms with E-state index in [-0.39, 0.29) is 5.56 Å². The number of aryl methyl sites for hydroxylation is 1. The number of hydrogen-bond acceptors (Lipinski definition) is 4. The monoisotopic (exact) mass is 390 g/mol. The zero-order valence-corrected chi connectivity index (χ0v) is 13.4. The summed E-state index contributed by atoms with van der Waals surface area (Å²) in [4.78, 5) is 20.6. The van der Waals surface area contributed by atoms with Gasteiger partial charge in [0.05, 0.1) is 20.8 Å². The lowest BCUT2D eigenvalue weighted by molar-refractivity contribution is 0.682. The molecule has 0 unspecified atom stereocenters. The third-order valence-electron chi connectivity index (χ3n) is 2.69. The molecule has 2 aromatic rings. The summed E-state index contributed by atoms with van der Waals surface area (Å²) in [7, 11) is 1.78. The standard InChI is InChI=1S/C12H12ClIN4O/c1-7-16-5-9(14)12(19)18(7)6-10-8(13)3-4-11(15-2)17-10/h3-5H,6H2,1-2H3,(H,15,17). The van der Waals surface area contributed by atoms with Crippen LogP contribution in [0.15, 0.2) is 23.1 Å². The Kier molecular flexibility index (Phi) is 4.41. The van der Waals surface area contributed by atoms with Gasteiger partial charge in [-0.2, -0.15) is 0 Å². The maximum Gasteiger partial charge on any atom is 0.267 e. The van der Waals surface area contributed by atoms with Gasteiger partial charge in [0.15, 0.2) is 0 Å². The predicted molar refractivity (Wildman–Crippen MR) is 83.8 cm³/mol. The summed E-state index contributed by atoms with van der Waals surface area (Å²) in [5, 5.41) is 3.48. The number of halogens is 2. The van der Waals surface area contributed by atoms with Crippen molar-refractivity contribution in [3.63, 3.8) is 0 Å². The highest BCUT2D eigenvalue weighted by atomic mass is 127. The fraction of sp³-hybridized carbons (Fsp3) is 0.250. The molecule has 0 fully saturated rings. The summed E-state index contributed by atoms with van der Waals surface area (Å²) in [5.74, 6) is 1.35. The minimum absolute atomic E-state index is 0.0826. The van der Waals surface area contributed by atoms with Gasteiger partial charge in [-0.05, 0) is 41.6 Å². The van der Waals surface area contributed by atoms with Crippen LogP contribution in [0.1, 0.15) is 11.5 Å². The molecule has 0 bridgehead atoms. The molecule has 7 heteroatoms. The van der Waals surface area contributed by atoms with E-state index in [4.69, 9.17) is 11.6 Å². The predicted octanol–water partition coefficient (Wildman–Crippen LogP) is 2.29. The van der Waals surface area contributed by atoms with E-state index in [1.54, 1.807) is 36.9 Å². The fourth-order valence-corrected chi connectivity index (χ4v) is 2.22. The van der Waals surface area contributed by atoms with Gasteiger partial charge in [-0.25, -0.2) is 9.97 Å². The first-order valence-electron chi connectivity index (χ1n) is 5.58. The van der Waals surface area contributed by atoms with E-state index in [1.165, 1.54) is 0 Å². The number of hydrogen-bond donors (Lipinski definition) is 1. The highest BCUT2D eigenvalue weighted by molar-refractivity contribution is 14.1. The molecule has 0 saturated carbocycles. The Morgan fingerprint density at radius 1 is 1.47 bits per heavy atom. The van der Waals surface area contributed by atoms with E-state index >= 15 is 0 Å². The summed E-state index contributed by atoms with van der Waals surface area (Å²) >= 11 is 8.09. The minimum Gasteiger partial charge on any atom is -0.373 e. The zero-order valence-electron chi connectivity index (χ0n) is 10.4. The van der Waals surface area contributed by atoms with Gasteiger partial charge in [0.1, 0.15) is 11.6 Å². The number of rotatable bonds is 3. The molecule has 0 spiro atoms. The number of aromatic nitrogens is 3. The molecule has 1 N–H and O–H groups in total. The Hall–Kier alpha value is -1.15. The van der Waals surface area contributed by atoms with Gasteiger partial charge in [0, 0.05) is 13.2 Å². The molecule has 0 amide bonds. The maximum absolute atomic E-state index is 12.1. The Balaban J connectivity index is 2.47. The molecular weight excluding hydrogens is 379 g/mol. The Labute approximate surface area is 129 Å². The third kappa shape index (κ3) is 3.06. The molecule has 2 rings (SSSR count). The van der Waals surface area contributed by atoms with Gasteiger partial charge in [0.2, 0.25) is 0 Å². The van der Waals surface area contributed by atoms with Crippen LogP contribution in [0.3, 0.4) is 0 Å². The normalized spacial score (nSPS) is 10.5. The first-order chi connectivity index (χ1) is 9.02. The van der Waals surface area contributed by atoms with Crippen LogP contribution in [0.4, 0.5) is 5.82 Å². The van der Waals surface area contributed by atoms with Crippen molar-refractivity contribution in [2.24, 2.45) is 0 Å². The SMILES string of the molecule is CNc1ccc(Cl)c(Cn2c(C)ncc(I)c2=O)n1. The van der Waals surface area contributed by atoms with E-state index in [0.717, 1.165) is 0 Å². The highest BCUT2D eigenvalue weighted by Crippen LogP contribution is 2.17. The van der Waals surface area contributed by atoms with E-state index in [1.807, 2.05) is 22.6 Å². The second-order valence-electron chi connectivity index (χ2n) is 3.92. The van der Waals surface area contributed by atoms with Crippen LogP contribution in [0.2, 0.25) is 5.02 Å². The highest BCUT2D eigenvalue weighted by Gasteiger charge is 2.10. The molecule has 0 atom stereocenters. The average molecular weight is 391 g/mol. The second-order valence-corrected chi connectivity index (χ2v) is 5.49. The Morgan fingerprint density at radius 3 is 2.89 bits per heavy atom. The molecule has 0 aromatic carbocycles. The van der Waals surface area contributed by atoms with E-state index in [0.29, 0.717) is 32.5 Å². The summed E-state index contributed by atoms with van der Waals surface area (Å²) in [6.07, 6.45) is 1.56. The van der Waals surface area contributed by atoms with Crippen LogP contribution < -0.4 is 10.9 Å². The van der Waals surface area contributed by atoms with Gasteiger partial charge < -0.3 is 5.32 Å². The molecule has 2 heterocycles. The van der Waals surface area contributed by atoms with Crippen molar-refractivity contribution < 1.29 is 0 Å². The molecule has 0 aliphatic rings. The zero-order chi connectivity index (χ0) is 14.0. The van der Waals surface area contributed by atoms with Crippen molar-refractivity contribution in [2.45, 2.75) is 13.5 Å². The van der Waals surface area contributed by atoms with Crippen molar-refractivity contribution in [1.29, 1.82) is 0 Å². The van der Waals surface area contributed by atoms with Crippen LogP contribution in [0.25, 0.3) is 0 Å². The number of pyridine rings is 1. The van der Waals surface area contributed by atoms with Crippen LogP contribution in [-0.2, 0) is 6.54 Å². The smallest absolute Gasteiger partial charge is 0.267 e. The average Bonchev–Trinajstić information content (AvgIpc) is 2.41. The van der Waals surface area contributed by atoms with Gasteiger partial charge in [-0.1, -0.05) is 11.6 Å². The molecule has 0 saturated heterocycles. The van der Waals surface area contributed by atoms with Crippen LogP contribution in [0, 0.1) is 10.5 Å². The Bertz CT molecular complexity index is 671. The van der Waals surface area contributed by atoms with Gasteiger partial charge >= 0.3 is 0 Å². The largest absolute Gasteiger partial charge is 0.373 e. The first-order valence-corrected chi connectivity index (χ1v) is 7.03. The van der Waals surface area contributed by atoms with Crippen LogP contribution >= 0.6 is 34.2 Å². The van der Waals surface area contributed by atoms with Crippen molar-refractivity contribution in [3.05, 3.63) is 48.8 Å². The van der Waals surface area contributed by atoms with Crippen molar-refractivity contribution in [1.82, 2.24) is 14.5 Å². The maximum atomic E-state index is 12.1. The molecule has 0 aliphatic heterocycles. The molecule has 19 heavy (non-hydrogen) atoms. The molecular formula is C12H12ClIN4O. The van der Waals surface area contributed by atoms with Gasteiger partial charge in [-0.15, -0.1) is 0 Å². The topological polar surface area (TPSA) is 59.8 Å². The number of nitrogens with zero attached hydrogens (tertiary/aromatic N) is 3. The fourth-order valence-electron chi connectivity index (χ4n) is 1.62. The summed E-state index contributed by atoms with van der Waals surface area (Å²) in [6.45, 7) is 2.09. The molecule has 100 valence electrons. The van der Waals surface area contributed by atoms with E-state index < -0.39 is 0 Å². The van der Waals surface area contributed by atoms with Crippen molar-refractivity contribution in [3.8, 4) is 0 Å². The summed E-state index contributed by atoms with van der Waals surface area (Å²) < 4.78 is 2.14. The minimum atomic E-state index is -0.0826. The molecule has 2 aromatic heterocycles. The van der Waals surface area contributed by atoms with Crippen molar-refractivity contribution >= 4 is 40.0 Å². The molecule has 0 radical (unpaired) electrons. The Morgan fingerprint density at radius 2 is 2.21 bits per heavy atom. The molecule has 0 aliphatic carbocycles. The van der Waals surface area contributed by atoms with Crippen molar-refractivity contribution in [2.75, 3.05) is 12.4 Å². The second kappa shape index (κ2) is 5.87. The quantitative estimate of drug-likeness (QED) is 0.817. The van der Waals surface area contributed by atoms with E-state index in [2.05, 4.69) is 15.3 Å². The molecule has 5 nitrogen and oxygen atoms in total. The first kappa shape index (κ1) is 14.3. The van der Waals surface area contributed by atoms with Crippen LogP contribution in [0.5, 0.6) is 0 Å². The number of nitrogens with one attached hydrogen (secondary N) is 1. The van der Waals surface area contributed by atoms with Gasteiger partial charge in [-0.3, -0.25) is 9.36 Å². The number of anilines is 1. The lowest BCUT2D eigenvalue weighted by atomic mass is 10.3. The summed E-state index contributed by atoms with van der Waals surface area (Å²) in [5.41, 5.74) is 0.559. The lowest BCUT2D eigenvalue weighted by Gasteiger charge is -2.11. The summed E-state index contributed by atoms with van der Waals surface area (Å²) in [6, 6.07) is 3.55. The van der Waals surface area contributed by atoms with Crippen LogP contribution in [-0.4, -0.2) is 21.6 Å². The van der Waals surface area contributed by atoms with Gasteiger partial charge in [0.25, 0.3) is 5.56 Å². The third-order valence-corrected chi connectivity index (χ3v) is 3.77. The van der Waals surface area contributed by atoms with E-state index in [9.17, 15) is 4.79 Å².